The normalized spacial score (nSPS) is 13.7. The molecule has 1 fully saturated rings. The lowest BCUT2D eigenvalue weighted by Crippen LogP contribution is -2.29. The fourth-order valence-corrected chi connectivity index (χ4v) is 3.83. The summed E-state index contributed by atoms with van der Waals surface area (Å²) in [4.78, 5) is 26.6. The minimum Gasteiger partial charge on any atom is -0.351 e. The van der Waals surface area contributed by atoms with Crippen LogP contribution < -0.4 is 10.2 Å². The molecule has 1 N–H and O–H groups in total. The zero-order valence-corrected chi connectivity index (χ0v) is 16.3. The zero-order chi connectivity index (χ0) is 20.1. The van der Waals surface area contributed by atoms with E-state index in [-0.39, 0.29) is 17.7 Å². The van der Waals surface area contributed by atoms with E-state index in [1.165, 1.54) is 0 Å². The summed E-state index contributed by atoms with van der Waals surface area (Å²) in [5, 5.41) is 3.08. The van der Waals surface area contributed by atoms with Crippen molar-refractivity contribution in [3.8, 4) is 0 Å². The van der Waals surface area contributed by atoms with Gasteiger partial charge in [0.25, 0.3) is 5.91 Å². The van der Waals surface area contributed by atoms with Crippen molar-refractivity contribution in [1.29, 1.82) is 0 Å². The first-order valence-corrected chi connectivity index (χ1v) is 10.0. The average Bonchev–Trinajstić information content (AvgIpc) is 3.21. The smallest absolute Gasteiger partial charge is 0.251 e. The number of benzene rings is 3. The van der Waals surface area contributed by atoms with Gasteiger partial charge in [0.05, 0.1) is 0 Å². The Kier molecular flexibility index (Phi) is 5.71. The van der Waals surface area contributed by atoms with Crippen LogP contribution in [0.15, 0.2) is 84.9 Å². The van der Waals surface area contributed by atoms with Gasteiger partial charge in [0, 0.05) is 36.7 Å². The van der Waals surface area contributed by atoms with Crippen molar-refractivity contribution in [3.05, 3.63) is 102 Å². The van der Waals surface area contributed by atoms with Gasteiger partial charge in [-0.15, -0.1) is 0 Å². The molecule has 0 unspecified atom stereocenters. The molecule has 0 aliphatic carbocycles. The Morgan fingerprint density at radius 3 is 2.14 bits per heavy atom. The van der Waals surface area contributed by atoms with Crippen molar-refractivity contribution in [3.63, 3.8) is 0 Å². The van der Waals surface area contributed by atoms with Crippen LogP contribution in [0.2, 0.25) is 0 Å². The van der Waals surface area contributed by atoms with Crippen molar-refractivity contribution in [2.24, 2.45) is 0 Å². The largest absolute Gasteiger partial charge is 0.351 e. The van der Waals surface area contributed by atoms with Gasteiger partial charge in [0.15, 0.2) is 0 Å². The van der Waals surface area contributed by atoms with Crippen LogP contribution >= 0.6 is 0 Å². The van der Waals surface area contributed by atoms with Crippen LogP contribution in [0.5, 0.6) is 0 Å². The van der Waals surface area contributed by atoms with E-state index in [0.29, 0.717) is 25.1 Å². The molecule has 2 amide bonds. The third-order valence-corrected chi connectivity index (χ3v) is 5.36. The highest BCUT2D eigenvalue weighted by Gasteiger charge is 2.22. The van der Waals surface area contributed by atoms with Gasteiger partial charge in [-0.05, 0) is 35.7 Å². The number of hydrogen-bond acceptors (Lipinski definition) is 2. The highest BCUT2D eigenvalue weighted by atomic mass is 16.2. The quantitative estimate of drug-likeness (QED) is 0.686. The lowest BCUT2D eigenvalue weighted by molar-refractivity contribution is -0.117. The number of anilines is 1. The van der Waals surface area contributed by atoms with Gasteiger partial charge < -0.3 is 10.2 Å². The van der Waals surface area contributed by atoms with Crippen molar-refractivity contribution in [1.82, 2.24) is 5.32 Å². The maximum absolute atomic E-state index is 12.8. The third kappa shape index (κ3) is 4.37. The van der Waals surface area contributed by atoms with Gasteiger partial charge in [-0.2, -0.15) is 0 Å². The summed E-state index contributed by atoms with van der Waals surface area (Å²) in [6.45, 7) is 1.22. The number of carbonyl (C=O) groups excluding carboxylic acids is 2. The number of hydrogen-bond donors (Lipinski definition) is 1. The second-order valence-electron chi connectivity index (χ2n) is 7.28. The molecule has 1 aliphatic heterocycles. The molecule has 0 spiro atoms. The summed E-state index contributed by atoms with van der Waals surface area (Å²) in [7, 11) is 0. The van der Waals surface area contributed by atoms with Crippen molar-refractivity contribution in [2.45, 2.75) is 18.8 Å². The first-order chi connectivity index (χ1) is 14.2. The zero-order valence-electron chi connectivity index (χ0n) is 16.3. The van der Waals surface area contributed by atoms with Gasteiger partial charge in [-0.1, -0.05) is 66.7 Å². The van der Waals surface area contributed by atoms with Crippen LogP contribution in [0.1, 0.15) is 40.2 Å². The molecule has 3 aromatic rings. The number of rotatable bonds is 6. The van der Waals surface area contributed by atoms with Gasteiger partial charge in [0.1, 0.15) is 0 Å². The lowest BCUT2D eigenvalue weighted by Gasteiger charge is -2.20. The second-order valence-corrected chi connectivity index (χ2v) is 7.28. The Bertz CT molecular complexity index is 946. The van der Waals surface area contributed by atoms with Gasteiger partial charge in [0.2, 0.25) is 5.91 Å². The topological polar surface area (TPSA) is 49.4 Å². The van der Waals surface area contributed by atoms with E-state index < -0.39 is 0 Å². The van der Waals surface area contributed by atoms with Gasteiger partial charge in [-0.25, -0.2) is 0 Å². The predicted octanol–water partition coefficient (Wildman–Crippen LogP) is 4.38. The molecule has 3 aromatic carbocycles. The second kappa shape index (κ2) is 8.74. The molecule has 4 heteroatoms. The van der Waals surface area contributed by atoms with E-state index >= 15 is 0 Å². The predicted molar refractivity (Wildman–Crippen MR) is 115 cm³/mol. The average molecular weight is 384 g/mol. The molecule has 0 bridgehead atoms. The van der Waals surface area contributed by atoms with E-state index in [0.717, 1.165) is 23.2 Å². The Balaban J connectivity index is 1.51. The Labute approximate surface area is 171 Å². The van der Waals surface area contributed by atoms with E-state index in [1.807, 2.05) is 48.5 Å². The molecule has 1 aliphatic rings. The SMILES string of the molecule is O=C(NCC(c1ccccc1)c1ccccc1)c1cccc(N2CCCC2=O)c1. The monoisotopic (exact) mass is 384 g/mol. The van der Waals surface area contributed by atoms with E-state index in [9.17, 15) is 9.59 Å². The molecule has 0 saturated carbocycles. The van der Waals surface area contributed by atoms with Crippen molar-refractivity contribution < 1.29 is 9.59 Å². The molecule has 1 saturated heterocycles. The number of amides is 2. The first kappa shape index (κ1) is 18.9. The van der Waals surface area contributed by atoms with Gasteiger partial charge >= 0.3 is 0 Å². The minimum atomic E-state index is -0.129. The maximum atomic E-state index is 12.8. The number of nitrogens with one attached hydrogen (secondary N) is 1. The molecule has 29 heavy (non-hydrogen) atoms. The van der Waals surface area contributed by atoms with Crippen molar-refractivity contribution in [2.75, 3.05) is 18.0 Å². The van der Waals surface area contributed by atoms with Crippen LogP contribution in [0.4, 0.5) is 5.69 Å². The number of nitrogens with zero attached hydrogens (tertiary/aromatic N) is 1. The Morgan fingerprint density at radius 1 is 0.897 bits per heavy atom. The van der Waals surface area contributed by atoms with E-state index in [4.69, 9.17) is 0 Å². The van der Waals surface area contributed by atoms with Gasteiger partial charge in [-0.3, -0.25) is 9.59 Å². The summed E-state index contributed by atoms with van der Waals surface area (Å²) >= 11 is 0. The number of carbonyl (C=O) groups is 2. The molecule has 4 nitrogen and oxygen atoms in total. The summed E-state index contributed by atoms with van der Waals surface area (Å²) in [6, 6.07) is 27.7. The minimum absolute atomic E-state index is 0.0738. The van der Waals surface area contributed by atoms with Crippen LogP contribution in [0.25, 0.3) is 0 Å². The molecule has 1 heterocycles. The fraction of sp³-hybridized carbons (Fsp3) is 0.200. The molecule has 146 valence electrons. The maximum Gasteiger partial charge on any atom is 0.251 e. The van der Waals surface area contributed by atoms with Crippen LogP contribution in [-0.4, -0.2) is 24.9 Å². The standard InChI is InChI=1S/C25H24N2O2/c28-24-15-8-16-27(24)22-14-7-13-21(17-22)25(29)26-18-23(19-9-3-1-4-10-19)20-11-5-2-6-12-20/h1-7,9-14,17,23H,8,15-16,18H2,(H,26,29). The van der Waals surface area contributed by atoms with Crippen LogP contribution in [0, 0.1) is 0 Å². The first-order valence-electron chi connectivity index (χ1n) is 10.0. The van der Waals surface area contributed by atoms with Crippen LogP contribution in [0.3, 0.4) is 0 Å². The molecule has 0 atom stereocenters. The van der Waals surface area contributed by atoms with E-state index in [2.05, 4.69) is 29.6 Å². The summed E-state index contributed by atoms with van der Waals surface area (Å²) < 4.78 is 0. The lowest BCUT2D eigenvalue weighted by atomic mass is 9.91. The summed E-state index contributed by atoms with van der Waals surface area (Å²) in [5.41, 5.74) is 3.69. The van der Waals surface area contributed by atoms with Crippen molar-refractivity contribution >= 4 is 17.5 Å². The summed E-state index contributed by atoms with van der Waals surface area (Å²) in [6.07, 6.45) is 1.44. The third-order valence-electron chi connectivity index (χ3n) is 5.36. The summed E-state index contributed by atoms with van der Waals surface area (Å²) in [5.74, 6) is 0.0656. The molecule has 4 rings (SSSR count). The van der Waals surface area contributed by atoms with E-state index in [1.54, 1.807) is 17.0 Å². The van der Waals surface area contributed by atoms with Crippen LogP contribution in [-0.2, 0) is 4.79 Å². The Hall–Kier alpha value is -3.40. The highest BCUT2D eigenvalue weighted by Crippen LogP contribution is 2.25. The molecular formula is C25H24N2O2. The molecule has 0 radical (unpaired) electrons. The Morgan fingerprint density at radius 2 is 1.55 bits per heavy atom. The fourth-order valence-electron chi connectivity index (χ4n) is 3.83. The molecular weight excluding hydrogens is 360 g/mol. The molecule has 0 aromatic heterocycles. The highest BCUT2D eigenvalue weighted by molar-refractivity contribution is 5.99.